The minimum absolute atomic E-state index is 0.00977. The topological polar surface area (TPSA) is 80.0 Å². The van der Waals surface area contributed by atoms with Crippen molar-refractivity contribution in [2.45, 2.75) is 25.1 Å². The van der Waals surface area contributed by atoms with Crippen LogP contribution in [0.1, 0.15) is 22.8 Å². The van der Waals surface area contributed by atoms with Crippen LogP contribution >= 0.6 is 46.4 Å². The number of aromatic nitrogens is 3. The molecule has 0 saturated carbocycles. The van der Waals surface area contributed by atoms with Gasteiger partial charge >= 0.3 is 0 Å². The summed E-state index contributed by atoms with van der Waals surface area (Å²) in [5.74, 6) is -0.471. The van der Waals surface area contributed by atoms with Crippen LogP contribution in [0.4, 0.5) is 0 Å². The van der Waals surface area contributed by atoms with Crippen molar-refractivity contribution in [2.24, 2.45) is 0 Å². The molecule has 0 aliphatic rings. The molecule has 0 aliphatic heterocycles. The van der Waals surface area contributed by atoms with Crippen LogP contribution < -0.4 is 5.32 Å². The van der Waals surface area contributed by atoms with Crippen LogP contribution in [0.2, 0.25) is 20.1 Å². The zero-order chi connectivity index (χ0) is 21.2. The lowest BCUT2D eigenvalue weighted by Gasteiger charge is -2.35. The molecule has 10 heteroatoms. The fraction of sp³-hybridized carbons (Fsp3) is 0.211. The lowest BCUT2D eigenvalue weighted by atomic mass is 9.86. The second kappa shape index (κ2) is 8.90. The standard InChI is InChI=1S/C19H16Cl4N4O2/c1-11(26-18(28)14-4-2-12(20)6-16(14)22)19(29,8-27-10-24-9-25-27)15-5-3-13(21)7-17(15)23/h2-7,9-11,29H,8H2,1H3,(H,26,28). The molecule has 29 heavy (non-hydrogen) atoms. The van der Waals surface area contributed by atoms with Gasteiger partial charge in [0.15, 0.2) is 0 Å². The number of hydrogen-bond donors (Lipinski definition) is 2. The first kappa shape index (κ1) is 21.9. The van der Waals surface area contributed by atoms with Crippen molar-refractivity contribution in [3.8, 4) is 0 Å². The van der Waals surface area contributed by atoms with Crippen LogP contribution in [0.5, 0.6) is 0 Å². The van der Waals surface area contributed by atoms with E-state index in [1.165, 1.54) is 35.5 Å². The Kier molecular flexibility index (Phi) is 6.71. The highest BCUT2D eigenvalue weighted by molar-refractivity contribution is 6.37. The van der Waals surface area contributed by atoms with Crippen molar-refractivity contribution in [1.29, 1.82) is 0 Å². The molecule has 0 fully saturated rings. The molecule has 1 heterocycles. The van der Waals surface area contributed by atoms with Gasteiger partial charge in [-0.2, -0.15) is 5.10 Å². The molecule has 0 aliphatic carbocycles. The van der Waals surface area contributed by atoms with Crippen molar-refractivity contribution in [3.63, 3.8) is 0 Å². The van der Waals surface area contributed by atoms with Crippen molar-refractivity contribution < 1.29 is 9.90 Å². The Hall–Kier alpha value is -1.83. The van der Waals surface area contributed by atoms with E-state index in [4.69, 9.17) is 46.4 Å². The van der Waals surface area contributed by atoms with E-state index in [1.807, 2.05) is 0 Å². The van der Waals surface area contributed by atoms with Crippen molar-refractivity contribution in [3.05, 3.63) is 80.3 Å². The first-order chi connectivity index (χ1) is 13.7. The molecule has 0 saturated heterocycles. The highest BCUT2D eigenvalue weighted by Crippen LogP contribution is 2.34. The first-order valence-corrected chi connectivity index (χ1v) is 9.98. The van der Waals surface area contributed by atoms with Crippen molar-refractivity contribution >= 4 is 52.3 Å². The Balaban J connectivity index is 1.95. The van der Waals surface area contributed by atoms with Gasteiger partial charge in [0, 0.05) is 20.6 Å². The first-order valence-electron chi connectivity index (χ1n) is 8.47. The van der Waals surface area contributed by atoms with E-state index < -0.39 is 17.6 Å². The fourth-order valence-corrected chi connectivity index (χ4v) is 3.99. The Bertz CT molecular complexity index is 1030. The zero-order valence-electron chi connectivity index (χ0n) is 15.1. The number of hydrogen-bond acceptors (Lipinski definition) is 4. The van der Waals surface area contributed by atoms with E-state index in [0.717, 1.165) is 0 Å². The normalized spacial score (nSPS) is 14.3. The van der Waals surface area contributed by atoms with Gasteiger partial charge in [-0.25, -0.2) is 9.67 Å². The Labute approximate surface area is 187 Å². The minimum Gasteiger partial charge on any atom is -0.381 e. The molecule has 2 aromatic carbocycles. The number of nitrogens with one attached hydrogen (secondary N) is 1. The third-order valence-electron chi connectivity index (χ3n) is 4.51. The van der Waals surface area contributed by atoms with Crippen LogP contribution in [-0.4, -0.2) is 31.8 Å². The summed E-state index contributed by atoms with van der Waals surface area (Å²) in [6.07, 6.45) is 2.81. The molecule has 0 spiro atoms. The molecule has 3 aromatic rings. The summed E-state index contributed by atoms with van der Waals surface area (Å²) < 4.78 is 1.45. The van der Waals surface area contributed by atoms with Gasteiger partial charge in [0.1, 0.15) is 18.3 Å². The molecule has 2 N–H and O–H groups in total. The SMILES string of the molecule is CC(NC(=O)c1ccc(Cl)cc1Cl)C(O)(Cn1cncn1)c1ccc(Cl)cc1Cl. The lowest BCUT2D eigenvalue weighted by Crippen LogP contribution is -2.51. The molecule has 2 atom stereocenters. The fourth-order valence-electron chi connectivity index (χ4n) is 2.92. The number of halogens is 4. The minimum atomic E-state index is -1.62. The summed E-state index contributed by atoms with van der Waals surface area (Å²) in [6, 6.07) is 8.50. The quantitative estimate of drug-likeness (QED) is 0.548. The molecule has 3 rings (SSSR count). The summed E-state index contributed by atoms with van der Waals surface area (Å²) >= 11 is 24.4. The van der Waals surface area contributed by atoms with Gasteiger partial charge in [-0.1, -0.05) is 52.5 Å². The number of benzene rings is 2. The molecule has 152 valence electrons. The van der Waals surface area contributed by atoms with Crippen LogP contribution in [0.25, 0.3) is 0 Å². The Morgan fingerprint density at radius 3 is 2.38 bits per heavy atom. The molecular weight excluding hydrogens is 458 g/mol. The lowest BCUT2D eigenvalue weighted by molar-refractivity contribution is -0.0155. The highest BCUT2D eigenvalue weighted by Gasteiger charge is 2.39. The average molecular weight is 474 g/mol. The van der Waals surface area contributed by atoms with Gasteiger partial charge in [-0.05, 0) is 37.3 Å². The number of carbonyl (C=O) groups is 1. The zero-order valence-corrected chi connectivity index (χ0v) is 18.1. The van der Waals surface area contributed by atoms with Gasteiger partial charge in [-0.3, -0.25) is 4.79 Å². The predicted molar refractivity (Wildman–Crippen MR) is 114 cm³/mol. The van der Waals surface area contributed by atoms with E-state index in [2.05, 4.69) is 15.4 Å². The average Bonchev–Trinajstić information content (AvgIpc) is 3.14. The number of carbonyl (C=O) groups excluding carboxylic acids is 1. The highest BCUT2D eigenvalue weighted by atomic mass is 35.5. The maximum atomic E-state index is 12.8. The van der Waals surface area contributed by atoms with Crippen LogP contribution in [0.3, 0.4) is 0 Å². The van der Waals surface area contributed by atoms with Gasteiger partial charge in [0.25, 0.3) is 5.91 Å². The third-order valence-corrected chi connectivity index (χ3v) is 5.60. The second-order valence-corrected chi connectivity index (χ2v) is 8.15. The largest absolute Gasteiger partial charge is 0.381 e. The Morgan fingerprint density at radius 1 is 1.14 bits per heavy atom. The maximum absolute atomic E-state index is 12.8. The Morgan fingerprint density at radius 2 is 1.79 bits per heavy atom. The summed E-state index contributed by atoms with van der Waals surface area (Å²) in [5, 5.41) is 19.7. The van der Waals surface area contributed by atoms with Gasteiger partial charge in [0.2, 0.25) is 0 Å². The summed E-state index contributed by atoms with van der Waals surface area (Å²) in [6.45, 7) is 1.65. The van der Waals surface area contributed by atoms with Crippen LogP contribution in [0, 0.1) is 0 Å². The summed E-state index contributed by atoms with van der Waals surface area (Å²) in [7, 11) is 0. The van der Waals surface area contributed by atoms with E-state index in [-0.39, 0.29) is 22.2 Å². The van der Waals surface area contributed by atoms with E-state index in [9.17, 15) is 9.90 Å². The summed E-state index contributed by atoms with van der Waals surface area (Å²) in [5.41, 5.74) is -1.01. The second-order valence-electron chi connectivity index (χ2n) is 6.46. The van der Waals surface area contributed by atoms with Crippen LogP contribution in [-0.2, 0) is 12.1 Å². The molecule has 0 radical (unpaired) electrons. The van der Waals surface area contributed by atoms with Gasteiger partial charge in [0.05, 0.1) is 23.2 Å². The number of nitrogens with zero attached hydrogens (tertiary/aromatic N) is 3. The molecule has 1 amide bonds. The maximum Gasteiger partial charge on any atom is 0.253 e. The molecule has 1 aromatic heterocycles. The number of rotatable bonds is 6. The number of aliphatic hydroxyl groups is 1. The van der Waals surface area contributed by atoms with E-state index in [1.54, 1.807) is 25.1 Å². The van der Waals surface area contributed by atoms with Crippen molar-refractivity contribution in [1.82, 2.24) is 20.1 Å². The molecule has 2 unspecified atom stereocenters. The van der Waals surface area contributed by atoms with E-state index in [0.29, 0.717) is 15.6 Å². The van der Waals surface area contributed by atoms with Gasteiger partial charge in [-0.15, -0.1) is 0 Å². The molecule has 0 bridgehead atoms. The smallest absolute Gasteiger partial charge is 0.253 e. The third kappa shape index (κ3) is 4.85. The van der Waals surface area contributed by atoms with Crippen molar-refractivity contribution in [2.75, 3.05) is 0 Å². The van der Waals surface area contributed by atoms with E-state index >= 15 is 0 Å². The molecular formula is C19H16Cl4N4O2. The number of amides is 1. The van der Waals surface area contributed by atoms with Gasteiger partial charge < -0.3 is 10.4 Å². The molecule has 6 nitrogen and oxygen atoms in total. The van der Waals surface area contributed by atoms with Crippen LogP contribution in [0.15, 0.2) is 49.1 Å². The predicted octanol–water partition coefficient (Wildman–Crippen LogP) is 4.60. The summed E-state index contributed by atoms with van der Waals surface area (Å²) in [4.78, 5) is 16.7. The monoisotopic (exact) mass is 472 g/mol.